The Kier molecular flexibility index (Phi) is 6.52. The van der Waals surface area contributed by atoms with Crippen molar-refractivity contribution in [3.8, 4) is 0 Å². The lowest BCUT2D eigenvalue weighted by atomic mass is 10.2. The van der Waals surface area contributed by atoms with Gasteiger partial charge in [-0.15, -0.1) is 0 Å². The van der Waals surface area contributed by atoms with Crippen molar-refractivity contribution in [1.29, 1.82) is 0 Å². The Labute approximate surface area is 123 Å². The van der Waals surface area contributed by atoms with Crippen molar-refractivity contribution >= 4 is 49.4 Å². The number of halogens is 3. The van der Waals surface area contributed by atoms with E-state index >= 15 is 0 Å². The molecule has 1 rings (SSSR count). The highest BCUT2D eigenvalue weighted by Crippen LogP contribution is 2.20. The lowest BCUT2D eigenvalue weighted by Crippen LogP contribution is -2.25. The first-order chi connectivity index (χ1) is 8.00. The summed E-state index contributed by atoms with van der Waals surface area (Å²) in [7, 11) is 0. The molecule has 0 fully saturated rings. The van der Waals surface area contributed by atoms with Crippen LogP contribution < -0.4 is 5.32 Å². The molecule has 0 saturated carbocycles. The summed E-state index contributed by atoms with van der Waals surface area (Å²) in [6, 6.07) is 5.25. The number of hydrogen-bond acceptors (Lipinski definition) is 1. The molecule has 0 aromatic heterocycles. The van der Waals surface area contributed by atoms with E-state index in [-0.39, 0.29) is 5.91 Å². The predicted octanol–water partition coefficient (Wildman–Crippen LogP) is 4.40. The van der Waals surface area contributed by atoms with E-state index in [2.05, 4.69) is 44.1 Å². The second-order valence-electron chi connectivity index (χ2n) is 3.80. The fourth-order valence-corrected chi connectivity index (χ4v) is 2.24. The Morgan fingerprint density at radius 1 is 1.53 bits per heavy atom. The molecule has 1 N–H and O–H groups in total. The maximum atomic E-state index is 11.8. The molecule has 0 heterocycles. The number of alkyl halides is 1. The van der Waals surface area contributed by atoms with E-state index in [1.807, 2.05) is 6.07 Å². The summed E-state index contributed by atoms with van der Waals surface area (Å²) in [4.78, 5) is 12.3. The van der Waals surface area contributed by atoms with Gasteiger partial charge in [0.25, 0.3) is 5.91 Å². The van der Waals surface area contributed by atoms with Gasteiger partial charge in [0.2, 0.25) is 0 Å². The van der Waals surface area contributed by atoms with E-state index in [1.54, 1.807) is 12.1 Å². The van der Waals surface area contributed by atoms with Crippen LogP contribution in [0.2, 0.25) is 5.02 Å². The topological polar surface area (TPSA) is 29.1 Å². The highest BCUT2D eigenvalue weighted by Gasteiger charge is 2.10. The summed E-state index contributed by atoms with van der Waals surface area (Å²) < 4.78 is 0.848. The summed E-state index contributed by atoms with van der Waals surface area (Å²) in [6.45, 7) is 2.75. The minimum absolute atomic E-state index is 0.126. The van der Waals surface area contributed by atoms with Gasteiger partial charge in [0.1, 0.15) is 0 Å². The Hall–Kier alpha value is -0.0600. The van der Waals surface area contributed by atoms with Gasteiger partial charge in [0.05, 0.1) is 10.6 Å². The molecule has 0 aliphatic heterocycles. The monoisotopic (exact) mass is 381 g/mol. The van der Waals surface area contributed by atoms with Crippen molar-refractivity contribution in [2.75, 3.05) is 6.54 Å². The fourth-order valence-electron chi connectivity index (χ4n) is 1.35. The molecular formula is C12H14Br2ClNO. The molecule has 17 heavy (non-hydrogen) atoms. The normalized spacial score (nSPS) is 12.2. The Morgan fingerprint density at radius 3 is 2.88 bits per heavy atom. The van der Waals surface area contributed by atoms with E-state index in [4.69, 9.17) is 11.6 Å². The highest BCUT2D eigenvalue weighted by molar-refractivity contribution is 9.10. The van der Waals surface area contributed by atoms with E-state index in [0.29, 0.717) is 22.0 Å². The molecule has 94 valence electrons. The largest absolute Gasteiger partial charge is 0.352 e. The molecular weight excluding hydrogens is 369 g/mol. The first-order valence-electron chi connectivity index (χ1n) is 5.38. The molecule has 2 nitrogen and oxygen atoms in total. The zero-order valence-electron chi connectivity index (χ0n) is 9.47. The van der Waals surface area contributed by atoms with Crippen LogP contribution in [-0.4, -0.2) is 17.3 Å². The molecule has 1 aromatic carbocycles. The molecule has 1 atom stereocenters. The summed E-state index contributed by atoms with van der Waals surface area (Å²) in [5.74, 6) is -0.126. The molecule has 0 saturated heterocycles. The number of amides is 1. The van der Waals surface area contributed by atoms with Crippen LogP contribution in [0.5, 0.6) is 0 Å². The number of rotatable bonds is 5. The van der Waals surface area contributed by atoms with Crippen molar-refractivity contribution in [1.82, 2.24) is 5.32 Å². The maximum Gasteiger partial charge on any atom is 0.252 e. The highest BCUT2D eigenvalue weighted by atomic mass is 79.9. The van der Waals surface area contributed by atoms with Crippen molar-refractivity contribution in [3.05, 3.63) is 33.3 Å². The summed E-state index contributed by atoms with van der Waals surface area (Å²) >= 11 is 12.8. The molecule has 0 aliphatic carbocycles. The predicted molar refractivity (Wildman–Crippen MR) is 79.1 cm³/mol. The van der Waals surface area contributed by atoms with Crippen molar-refractivity contribution in [2.24, 2.45) is 0 Å². The summed E-state index contributed by atoms with van der Waals surface area (Å²) in [5, 5.41) is 3.33. The zero-order valence-corrected chi connectivity index (χ0v) is 13.4. The number of hydrogen-bond donors (Lipinski definition) is 1. The van der Waals surface area contributed by atoms with Crippen molar-refractivity contribution in [3.63, 3.8) is 0 Å². The number of carbonyl (C=O) groups is 1. The second-order valence-corrected chi connectivity index (χ2v) is 6.69. The van der Waals surface area contributed by atoms with Gasteiger partial charge in [0, 0.05) is 15.8 Å². The van der Waals surface area contributed by atoms with Gasteiger partial charge in [-0.3, -0.25) is 4.79 Å². The molecule has 1 aromatic rings. The van der Waals surface area contributed by atoms with Crippen molar-refractivity contribution in [2.45, 2.75) is 24.6 Å². The van der Waals surface area contributed by atoms with Gasteiger partial charge >= 0.3 is 0 Å². The summed E-state index contributed by atoms with van der Waals surface area (Å²) in [6.07, 6.45) is 1.98. The minimum Gasteiger partial charge on any atom is -0.352 e. The van der Waals surface area contributed by atoms with Gasteiger partial charge in [-0.25, -0.2) is 0 Å². The number of nitrogens with one attached hydrogen (secondary N) is 1. The van der Waals surface area contributed by atoms with E-state index in [9.17, 15) is 4.79 Å². The molecule has 0 aliphatic rings. The van der Waals surface area contributed by atoms with Gasteiger partial charge in [-0.05, 0) is 31.0 Å². The van der Waals surface area contributed by atoms with E-state index in [1.165, 1.54) is 0 Å². The molecule has 0 radical (unpaired) electrons. The van der Waals surface area contributed by atoms with E-state index in [0.717, 1.165) is 17.3 Å². The molecule has 0 spiro atoms. The van der Waals surface area contributed by atoms with Crippen LogP contribution in [0.25, 0.3) is 0 Å². The van der Waals surface area contributed by atoms with Crippen LogP contribution in [0.1, 0.15) is 30.1 Å². The molecule has 1 amide bonds. The molecule has 5 heteroatoms. The van der Waals surface area contributed by atoms with Gasteiger partial charge in [0.15, 0.2) is 0 Å². The quantitative estimate of drug-likeness (QED) is 0.593. The van der Waals surface area contributed by atoms with Crippen molar-refractivity contribution < 1.29 is 4.79 Å². The average molecular weight is 384 g/mol. The third-order valence-corrected chi connectivity index (χ3v) is 3.52. The lowest BCUT2D eigenvalue weighted by Gasteiger charge is -2.07. The first-order valence-corrected chi connectivity index (χ1v) is 7.46. The van der Waals surface area contributed by atoms with Crippen LogP contribution >= 0.6 is 43.5 Å². The molecule has 1 unspecified atom stereocenters. The third kappa shape index (κ3) is 5.40. The Balaban J connectivity index is 2.49. The first kappa shape index (κ1) is 15.0. The maximum absolute atomic E-state index is 11.8. The van der Waals surface area contributed by atoms with Crippen LogP contribution in [-0.2, 0) is 0 Å². The third-order valence-electron chi connectivity index (χ3n) is 2.24. The van der Waals surface area contributed by atoms with Gasteiger partial charge in [-0.1, -0.05) is 50.4 Å². The van der Waals surface area contributed by atoms with Gasteiger partial charge in [-0.2, -0.15) is 0 Å². The Morgan fingerprint density at radius 2 is 2.24 bits per heavy atom. The van der Waals surface area contributed by atoms with Crippen LogP contribution in [0.15, 0.2) is 22.7 Å². The van der Waals surface area contributed by atoms with Crippen LogP contribution in [0, 0.1) is 0 Å². The van der Waals surface area contributed by atoms with E-state index < -0.39 is 0 Å². The number of carbonyl (C=O) groups excluding carboxylic acids is 1. The lowest BCUT2D eigenvalue weighted by molar-refractivity contribution is 0.0953. The van der Waals surface area contributed by atoms with Crippen LogP contribution in [0.3, 0.4) is 0 Å². The smallest absolute Gasteiger partial charge is 0.252 e. The molecule has 0 bridgehead atoms. The number of benzene rings is 1. The minimum atomic E-state index is -0.126. The average Bonchev–Trinajstić information content (AvgIpc) is 2.27. The zero-order chi connectivity index (χ0) is 12.8. The standard InChI is InChI=1S/C12H14Br2ClNO/c1-8(13)3-2-6-16-12(17)10-7-9(14)4-5-11(10)15/h4-5,7-8H,2-3,6H2,1H3,(H,16,17). The second kappa shape index (κ2) is 7.39. The fraction of sp³-hybridized carbons (Fsp3) is 0.417. The SMILES string of the molecule is CC(Br)CCCNC(=O)c1cc(Br)ccc1Cl. The Bertz CT molecular complexity index is 396. The summed E-state index contributed by atoms with van der Waals surface area (Å²) in [5.41, 5.74) is 0.507. The van der Waals surface area contributed by atoms with Gasteiger partial charge < -0.3 is 5.32 Å². The van der Waals surface area contributed by atoms with Crippen LogP contribution in [0.4, 0.5) is 0 Å².